The minimum Gasteiger partial charge on any atom is -0.347 e. The average Bonchev–Trinajstić information content (AvgIpc) is 3.31. The second-order valence-electron chi connectivity index (χ2n) is 13.2. The molecular weight excluding hydrogens is 532 g/mol. The molecule has 1 atom stereocenters. The van der Waals surface area contributed by atoms with Crippen molar-refractivity contribution in [3.05, 3.63) is 131 Å². The highest BCUT2D eigenvalue weighted by Crippen LogP contribution is 2.50. The quantitative estimate of drug-likeness (QED) is 0.199. The maximum atomic E-state index is 6.56. The maximum absolute atomic E-state index is 6.56. The van der Waals surface area contributed by atoms with Gasteiger partial charge in [0.25, 0.3) is 0 Å². The normalized spacial score (nSPS) is 20.4. The van der Waals surface area contributed by atoms with Crippen molar-refractivity contribution in [1.29, 1.82) is 0 Å². The second kappa shape index (κ2) is 10.9. The van der Waals surface area contributed by atoms with Crippen molar-refractivity contribution in [3.63, 3.8) is 0 Å². The number of anilines is 1. The summed E-state index contributed by atoms with van der Waals surface area (Å²) >= 11 is 6.56. The number of hydrogen-bond donors (Lipinski definition) is 0. The van der Waals surface area contributed by atoms with Crippen LogP contribution in [0.1, 0.15) is 57.7 Å². The number of fused-ring (bicyclic) bond motifs is 4. The molecule has 4 aromatic rings. The topological polar surface area (TPSA) is 6.25 Å². The number of rotatable bonds is 7. The van der Waals surface area contributed by atoms with E-state index in [1.54, 1.807) is 0 Å². The van der Waals surface area contributed by atoms with Crippen LogP contribution in [0.15, 0.2) is 109 Å². The predicted octanol–water partition coefficient (Wildman–Crippen LogP) is 10.0. The molecular formula is C39H42ClN2+. The van der Waals surface area contributed by atoms with Crippen LogP contribution in [-0.4, -0.2) is 23.9 Å². The van der Waals surface area contributed by atoms with Crippen LogP contribution in [-0.2, 0) is 17.3 Å². The number of benzene rings is 4. The minimum absolute atomic E-state index is 0.117. The Balaban J connectivity index is 1.45. The van der Waals surface area contributed by atoms with Crippen molar-refractivity contribution < 1.29 is 4.58 Å². The number of nitrogens with zero attached hydrogens (tertiary/aromatic N) is 2. The molecule has 2 aliphatic heterocycles. The first-order valence-corrected chi connectivity index (χ1v) is 15.6. The van der Waals surface area contributed by atoms with Gasteiger partial charge in [-0.1, -0.05) is 86.1 Å². The molecule has 2 heterocycles. The van der Waals surface area contributed by atoms with E-state index in [0.29, 0.717) is 5.92 Å². The lowest BCUT2D eigenvalue weighted by atomic mass is 9.76. The highest BCUT2D eigenvalue weighted by Gasteiger charge is 2.46. The third-order valence-electron chi connectivity index (χ3n) is 9.43. The first-order valence-electron chi connectivity index (χ1n) is 15.2. The fraction of sp³-hybridized carbons (Fsp3) is 0.308. The molecule has 4 aromatic carbocycles. The Morgan fingerprint density at radius 3 is 2.40 bits per heavy atom. The highest BCUT2D eigenvalue weighted by molar-refractivity contribution is 6.30. The molecule has 0 fully saturated rings. The molecule has 0 aliphatic carbocycles. The molecule has 2 aliphatic rings. The molecule has 0 saturated carbocycles. The van der Waals surface area contributed by atoms with Crippen LogP contribution in [0, 0.1) is 5.92 Å². The van der Waals surface area contributed by atoms with Crippen LogP contribution < -0.4 is 4.90 Å². The van der Waals surface area contributed by atoms with Gasteiger partial charge < -0.3 is 4.90 Å². The van der Waals surface area contributed by atoms with Gasteiger partial charge in [-0.25, -0.2) is 0 Å². The van der Waals surface area contributed by atoms with Crippen molar-refractivity contribution in [1.82, 2.24) is 0 Å². The summed E-state index contributed by atoms with van der Waals surface area (Å²) in [7, 11) is 2.19. The predicted molar refractivity (Wildman–Crippen MR) is 181 cm³/mol. The van der Waals surface area contributed by atoms with E-state index in [9.17, 15) is 0 Å². The first-order chi connectivity index (χ1) is 20.1. The highest BCUT2D eigenvalue weighted by atomic mass is 35.5. The van der Waals surface area contributed by atoms with Crippen molar-refractivity contribution in [3.8, 4) is 0 Å². The summed E-state index contributed by atoms with van der Waals surface area (Å²) in [5, 5.41) is 3.45. The maximum Gasteiger partial charge on any atom is 0.210 e. The molecule has 1 unspecified atom stereocenters. The van der Waals surface area contributed by atoms with Gasteiger partial charge in [-0.15, -0.1) is 0 Å². The van der Waals surface area contributed by atoms with E-state index in [2.05, 4.69) is 148 Å². The summed E-state index contributed by atoms with van der Waals surface area (Å²) in [6.45, 7) is 12.8. The van der Waals surface area contributed by atoms with Gasteiger partial charge in [0, 0.05) is 53.0 Å². The van der Waals surface area contributed by atoms with Crippen molar-refractivity contribution in [2.75, 3.05) is 18.5 Å². The SMILES string of the molecule is CC(C)CC[N+]1=C(C=CC=C2N(C)c3ccc(Cl)cc3C2(C)Cc2ccccc2)C(C)(C)c2c1ccc1ccccc21. The fourth-order valence-electron chi connectivity index (χ4n) is 7.26. The summed E-state index contributed by atoms with van der Waals surface area (Å²) in [6.07, 6.45) is 9.05. The lowest BCUT2D eigenvalue weighted by molar-refractivity contribution is -0.439. The molecule has 0 aromatic heterocycles. The van der Waals surface area contributed by atoms with Gasteiger partial charge in [0.2, 0.25) is 5.69 Å². The third kappa shape index (κ3) is 4.80. The summed E-state index contributed by atoms with van der Waals surface area (Å²) in [5.41, 5.74) is 8.94. The second-order valence-corrected chi connectivity index (χ2v) is 13.6. The zero-order chi connectivity index (χ0) is 29.6. The summed E-state index contributed by atoms with van der Waals surface area (Å²) in [4.78, 5) is 2.35. The Morgan fingerprint density at radius 1 is 0.905 bits per heavy atom. The van der Waals surface area contributed by atoms with Gasteiger partial charge in [-0.05, 0) is 85.4 Å². The van der Waals surface area contributed by atoms with E-state index in [-0.39, 0.29) is 10.8 Å². The summed E-state index contributed by atoms with van der Waals surface area (Å²) in [5.74, 6) is 0.640. The molecule has 0 N–H and O–H groups in total. The Labute approximate surface area is 256 Å². The first kappa shape index (κ1) is 28.5. The van der Waals surface area contributed by atoms with Gasteiger partial charge in [-0.2, -0.15) is 4.58 Å². The van der Waals surface area contributed by atoms with E-state index in [0.717, 1.165) is 24.4 Å². The number of halogens is 1. The van der Waals surface area contributed by atoms with Crippen LogP contribution in [0.4, 0.5) is 11.4 Å². The van der Waals surface area contributed by atoms with Crippen LogP contribution >= 0.6 is 11.6 Å². The van der Waals surface area contributed by atoms with E-state index in [4.69, 9.17) is 11.6 Å². The van der Waals surface area contributed by atoms with Crippen molar-refractivity contribution in [2.45, 2.75) is 58.3 Å². The van der Waals surface area contributed by atoms with E-state index < -0.39 is 0 Å². The van der Waals surface area contributed by atoms with Crippen LogP contribution in [0.5, 0.6) is 0 Å². The van der Waals surface area contributed by atoms with Gasteiger partial charge in [0.15, 0.2) is 5.71 Å². The zero-order valence-corrected chi connectivity index (χ0v) is 26.5. The van der Waals surface area contributed by atoms with Gasteiger partial charge in [0.05, 0.1) is 5.41 Å². The van der Waals surface area contributed by atoms with Gasteiger partial charge in [0.1, 0.15) is 6.54 Å². The van der Waals surface area contributed by atoms with Gasteiger partial charge >= 0.3 is 0 Å². The number of likely N-dealkylation sites (N-methyl/N-ethyl adjacent to an activating group) is 1. The number of hydrogen-bond acceptors (Lipinski definition) is 1. The van der Waals surface area contributed by atoms with Crippen LogP contribution in [0.2, 0.25) is 5.02 Å². The standard InChI is InChI=1S/C39H42ClN2/c1-27(2)23-24-42-34-21-19-29-15-10-11-16-31(29)37(34)38(3,4)35(42)17-12-18-36-39(5,26-28-13-8-7-9-14-28)32-25-30(40)20-22-33(32)41(36)6/h7-22,25,27H,23-24,26H2,1-6H3/q+1. The summed E-state index contributed by atoms with van der Waals surface area (Å²) in [6, 6.07) is 30.6. The Kier molecular flexibility index (Phi) is 7.39. The number of allylic oxidation sites excluding steroid dienone is 4. The lowest BCUT2D eigenvalue weighted by Crippen LogP contribution is -2.29. The lowest BCUT2D eigenvalue weighted by Gasteiger charge is -2.29. The molecule has 0 saturated heterocycles. The molecule has 0 bridgehead atoms. The third-order valence-corrected chi connectivity index (χ3v) is 9.67. The molecule has 3 heteroatoms. The van der Waals surface area contributed by atoms with Crippen molar-refractivity contribution in [2.24, 2.45) is 5.92 Å². The molecule has 0 radical (unpaired) electrons. The monoisotopic (exact) mass is 573 g/mol. The smallest absolute Gasteiger partial charge is 0.210 e. The Morgan fingerprint density at radius 2 is 1.64 bits per heavy atom. The van der Waals surface area contributed by atoms with E-state index in [1.807, 2.05) is 6.07 Å². The largest absolute Gasteiger partial charge is 0.347 e. The van der Waals surface area contributed by atoms with Crippen LogP contribution in [0.25, 0.3) is 10.8 Å². The minimum atomic E-state index is -0.201. The molecule has 0 spiro atoms. The van der Waals surface area contributed by atoms with Crippen molar-refractivity contribution >= 4 is 39.5 Å². The Hall–Kier alpha value is -3.62. The molecule has 0 amide bonds. The zero-order valence-electron chi connectivity index (χ0n) is 25.8. The molecule has 2 nitrogen and oxygen atoms in total. The fourth-order valence-corrected chi connectivity index (χ4v) is 7.43. The van der Waals surface area contributed by atoms with E-state index >= 15 is 0 Å². The molecule has 6 rings (SSSR count). The molecule has 42 heavy (non-hydrogen) atoms. The molecule has 214 valence electrons. The summed E-state index contributed by atoms with van der Waals surface area (Å²) < 4.78 is 2.58. The average molecular weight is 574 g/mol. The Bertz CT molecular complexity index is 1740. The van der Waals surface area contributed by atoms with E-state index in [1.165, 1.54) is 50.2 Å². The van der Waals surface area contributed by atoms with Gasteiger partial charge in [-0.3, -0.25) is 0 Å². The van der Waals surface area contributed by atoms with Crippen LogP contribution in [0.3, 0.4) is 0 Å².